The number of nitrogens with one attached hydrogen (secondary N) is 4. The Kier molecular flexibility index (Phi) is 3.45. The summed E-state index contributed by atoms with van der Waals surface area (Å²) in [5, 5.41) is 13.1. The Bertz CT molecular complexity index is 395. The van der Waals surface area contributed by atoms with Crippen molar-refractivity contribution in [2.45, 2.75) is 57.7 Å². The Hall–Kier alpha value is -0.810. The van der Waals surface area contributed by atoms with Gasteiger partial charge in [0, 0.05) is 37.3 Å². The smallest absolute Gasteiger partial charge is 0.314 e. The fraction of sp³-hybridized carbons (Fsp3) is 0.933. The minimum atomic E-state index is -0.0273. The van der Waals surface area contributed by atoms with Gasteiger partial charge in [0.05, 0.1) is 0 Å². The van der Waals surface area contributed by atoms with Gasteiger partial charge in [-0.05, 0) is 51.4 Å². The molecule has 2 aliphatic carbocycles. The van der Waals surface area contributed by atoms with E-state index in [0.29, 0.717) is 22.9 Å². The van der Waals surface area contributed by atoms with Crippen molar-refractivity contribution in [3.8, 4) is 0 Å². The van der Waals surface area contributed by atoms with Crippen LogP contribution < -0.4 is 21.3 Å². The normalized spacial score (nSPS) is 39.3. The minimum Gasteiger partial charge on any atom is -0.338 e. The molecule has 3 fully saturated rings. The van der Waals surface area contributed by atoms with Gasteiger partial charge >= 0.3 is 6.03 Å². The topological polar surface area (TPSA) is 65.2 Å². The van der Waals surface area contributed by atoms with Crippen LogP contribution in [0.5, 0.6) is 0 Å². The Balaban J connectivity index is 1.46. The summed E-state index contributed by atoms with van der Waals surface area (Å²) in [5.74, 6) is 0.644. The summed E-state index contributed by atoms with van der Waals surface area (Å²) in [7, 11) is 0. The number of hydrogen-bond donors (Lipinski definition) is 4. The fourth-order valence-corrected chi connectivity index (χ4v) is 4.11. The first-order valence-electron chi connectivity index (χ1n) is 7.98. The molecule has 0 aromatic heterocycles. The van der Waals surface area contributed by atoms with Crippen molar-refractivity contribution in [1.29, 1.82) is 0 Å². The summed E-state index contributed by atoms with van der Waals surface area (Å²) in [6.45, 7) is 9.36. The van der Waals surface area contributed by atoms with Gasteiger partial charge in [0.2, 0.25) is 0 Å². The molecule has 2 saturated carbocycles. The van der Waals surface area contributed by atoms with E-state index in [9.17, 15) is 4.79 Å². The van der Waals surface area contributed by atoms with E-state index in [2.05, 4.69) is 28.2 Å². The second kappa shape index (κ2) is 4.88. The third kappa shape index (κ3) is 2.31. The third-order valence-electron chi connectivity index (χ3n) is 5.60. The molecule has 5 heteroatoms. The van der Waals surface area contributed by atoms with Gasteiger partial charge in [-0.15, -0.1) is 0 Å². The van der Waals surface area contributed by atoms with Crippen LogP contribution in [0.15, 0.2) is 0 Å². The molecule has 3 atom stereocenters. The summed E-state index contributed by atoms with van der Waals surface area (Å²) in [6, 6.07) is 0.822. The molecule has 0 aromatic carbocycles. The van der Waals surface area contributed by atoms with Crippen LogP contribution in [0.2, 0.25) is 0 Å². The number of urea groups is 1. The maximum absolute atomic E-state index is 11.7. The quantitative estimate of drug-likeness (QED) is 0.603. The van der Waals surface area contributed by atoms with E-state index < -0.39 is 0 Å². The molecule has 20 heavy (non-hydrogen) atoms. The highest BCUT2D eigenvalue weighted by molar-refractivity contribution is 5.74. The second-order valence-corrected chi connectivity index (χ2v) is 7.41. The lowest BCUT2D eigenvalue weighted by Crippen LogP contribution is -2.60. The van der Waals surface area contributed by atoms with Crippen molar-refractivity contribution in [3.05, 3.63) is 0 Å². The number of carbonyl (C=O) groups excluding carboxylic acids is 1. The van der Waals surface area contributed by atoms with Gasteiger partial charge in [-0.3, -0.25) is 0 Å². The Morgan fingerprint density at radius 3 is 2.65 bits per heavy atom. The van der Waals surface area contributed by atoms with Gasteiger partial charge < -0.3 is 21.3 Å². The van der Waals surface area contributed by atoms with E-state index in [-0.39, 0.29) is 12.1 Å². The predicted octanol–water partition coefficient (Wildman–Crippen LogP) is 0.814. The highest BCUT2D eigenvalue weighted by atomic mass is 16.2. The molecule has 1 aliphatic heterocycles. The van der Waals surface area contributed by atoms with Crippen LogP contribution in [0.3, 0.4) is 0 Å². The zero-order chi connectivity index (χ0) is 14.4. The molecule has 5 nitrogen and oxygen atoms in total. The average molecular weight is 280 g/mol. The van der Waals surface area contributed by atoms with E-state index in [4.69, 9.17) is 0 Å². The van der Waals surface area contributed by atoms with Crippen LogP contribution in [0.25, 0.3) is 0 Å². The molecule has 3 aliphatic rings. The van der Waals surface area contributed by atoms with Crippen LogP contribution in [0.4, 0.5) is 4.79 Å². The third-order valence-corrected chi connectivity index (χ3v) is 5.60. The molecular weight excluding hydrogens is 252 g/mol. The monoisotopic (exact) mass is 280 g/mol. The molecule has 1 saturated heterocycles. The maximum Gasteiger partial charge on any atom is 0.314 e. The summed E-state index contributed by atoms with van der Waals surface area (Å²) in [6.07, 6.45) is 3.84. The van der Waals surface area contributed by atoms with Crippen LogP contribution in [-0.4, -0.2) is 43.3 Å². The highest BCUT2D eigenvalue weighted by Gasteiger charge is 2.71. The second-order valence-electron chi connectivity index (χ2n) is 7.41. The first kappa shape index (κ1) is 14.1. The lowest BCUT2D eigenvalue weighted by molar-refractivity contribution is 0.103. The van der Waals surface area contributed by atoms with E-state index in [1.54, 1.807) is 0 Å². The molecule has 1 heterocycles. The van der Waals surface area contributed by atoms with Crippen molar-refractivity contribution in [2.75, 3.05) is 19.6 Å². The number of carbonyl (C=O) groups is 1. The van der Waals surface area contributed by atoms with Crippen LogP contribution in [0.1, 0.15) is 40.0 Å². The van der Waals surface area contributed by atoms with E-state index in [0.717, 1.165) is 19.6 Å². The van der Waals surface area contributed by atoms with Crippen molar-refractivity contribution in [3.63, 3.8) is 0 Å². The van der Waals surface area contributed by atoms with Gasteiger partial charge in [0.15, 0.2) is 0 Å². The summed E-state index contributed by atoms with van der Waals surface area (Å²) < 4.78 is 0. The first-order valence-corrected chi connectivity index (χ1v) is 7.98. The molecule has 114 valence electrons. The zero-order valence-corrected chi connectivity index (χ0v) is 12.9. The number of hydrogen-bond acceptors (Lipinski definition) is 3. The SMILES string of the molecule is CC(C)NC(=O)NCC1CCC12CC2(C)NC1CNC1. The molecule has 1 spiro atoms. The van der Waals surface area contributed by atoms with Gasteiger partial charge in [-0.25, -0.2) is 4.79 Å². The zero-order valence-electron chi connectivity index (χ0n) is 12.9. The molecule has 2 amide bonds. The summed E-state index contributed by atoms with van der Waals surface area (Å²) >= 11 is 0. The summed E-state index contributed by atoms with van der Waals surface area (Å²) in [4.78, 5) is 11.7. The van der Waals surface area contributed by atoms with Crippen LogP contribution in [0, 0.1) is 11.3 Å². The highest BCUT2D eigenvalue weighted by Crippen LogP contribution is 2.70. The van der Waals surface area contributed by atoms with Crippen molar-refractivity contribution in [2.24, 2.45) is 11.3 Å². The van der Waals surface area contributed by atoms with Gasteiger partial charge in [0.1, 0.15) is 0 Å². The number of amides is 2. The van der Waals surface area contributed by atoms with Crippen LogP contribution in [-0.2, 0) is 0 Å². The molecule has 3 unspecified atom stereocenters. The largest absolute Gasteiger partial charge is 0.338 e. The van der Waals surface area contributed by atoms with Gasteiger partial charge in [0.25, 0.3) is 0 Å². The fourth-order valence-electron chi connectivity index (χ4n) is 4.11. The summed E-state index contributed by atoms with van der Waals surface area (Å²) in [5.41, 5.74) is 0.757. The Morgan fingerprint density at radius 1 is 1.40 bits per heavy atom. The van der Waals surface area contributed by atoms with Gasteiger partial charge in [-0.2, -0.15) is 0 Å². The molecule has 0 aromatic rings. The standard InChI is InChI=1S/C15H28N4O/c1-10(2)18-13(20)17-6-11-4-5-15(11)9-14(15,3)19-12-7-16-8-12/h10-12,16,19H,4-9H2,1-3H3,(H2,17,18,20). The van der Waals surface area contributed by atoms with E-state index in [1.807, 2.05) is 13.8 Å². The molecule has 4 N–H and O–H groups in total. The van der Waals surface area contributed by atoms with Gasteiger partial charge in [-0.1, -0.05) is 0 Å². The van der Waals surface area contributed by atoms with Crippen molar-refractivity contribution in [1.82, 2.24) is 21.3 Å². The van der Waals surface area contributed by atoms with Crippen LogP contribution >= 0.6 is 0 Å². The lowest BCUT2D eigenvalue weighted by Gasteiger charge is -2.43. The molecular formula is C15H28N4O. The maximum atomic E-state index is 11.7. The van der Waals surface area contributed by atoms with Crippen molar-refractivity contribution < 1.29 is 4.79 Å². The predicted molar refractivity (Wildman–Crippen MR) is 79.6 cm³/mol. The molecule has 3 rings (SSSR count). The van der Waals surface area contributed by atoms with E-state index in [1.165, 1.54) is 19.3 Å². The molecule has 0 bridgehead atoms. The Morgan fingerprint density at radius 2 is 2.15 bits per heavy atom. The van der Waals surface area contributed by atoms with E-state index >= 15 is 0 Å². The van der Waals surface area contributed by atoms with Crippen molar-refractivity contribution >= 4 is 6.03 Å². The lowest BCUT2D eigenvalue weighted by atomic mass is 9.67. The minimum absolute atomic E-state index is 0.0273. The average Bonchev–Trinajstić information content (AvgIpc) is 2.92. The first-order chi connectivity index (χ1) is 9.45. The number of rotatable bonds is 5. The Labute approximate surface area is 121 Å². The molecule has 0 radical (unpaired) electrons.